The van der Waals surface area contributed by atoms with Gasteiger partial charge in [-0.25, -0.2) is 9.78 Å². The third-order valence-electron chi connectivity index (χ3n) is 6.93. The summed E-state index contributed by atoms with van der Waals surface area (Å²) >= 11 is 0. The van der Waals surface area contributed by atoms with Gasteiger partial charge in [0.1, 0.15) is 6.10 Å². The molecular weight excluding hydrogens is 348 g/mol. The van der Waals surface area contributed by atoms with Gasteiger partial charge in [0.2, 0.25) is 5.79 Å². The van der Waals surface area contributed by atoms with Crippen LogP contribution >= 0.6 is 0 Å². The van der Waals surface area contributed by atoms with Crippen LogP contribution < -0.4 is 0 Å². The summed E-state index contributed by atoms with van der Waals surface area (Å²) in [6.07, 6.45) is 16.1. The fourth-order valence-corrected chi connectivity index (χ4v) is 5.02. The summed E-state index contributed by atoms with van der Waals surface area (Å²) in [5.74, 6) is 0.199. The van der Waals surface area contributed by atoms with Gasteiger partial charge in [-0.05, 0) is 48.3 Å². The monoisotopic (exact) mass is 384 g/mol. The molecule has 1 atom stereocenters. The molecule has 1 aromatic carbocycles. The van der Waals surface area contributed by atoms with E-state index in [1.165, 1.54) is 63.4 Å². The maximum absolute atomic E-state index is 6.18. The zero-order valence-electron chi connectivity index (χ0n) is 17.3. The van der Waals surface area contributed by atoms with Gasteiger partial charge < -0.3 is 4.74 Å². The molecule has 0 aromatic heterocycles. The molecule has 0 bridgehead atoms. The van der Waals surface area contributed by atoms with Gasteiger partial charge in [0.15, 0.2) is 0 Å². The Kier molecular flexibility index (Phi) is 6.87. The molecule has 3 nitrogen and oxygen atoms in total. The lowest BCUT2D eigenvalue weighted by molar-refractivity contribution is -0.480. The average Bonchev–Trinajstić information content (AvgIpc) is 2.94. The Labute approximate surface area is 170 Å². The Balaban J connectivity index is 1.34. The van der Waals surface area contributed by atoms with Gasteiger partial charge in [-0.3, -0.25) is 0 Å². The van der Waals surface area contributed by atoms with Gasteiger partial charge in [0.05, 0.1) is 6.61 Å². The number of rotatable bonds is 3. The zero-order valence-corrected chi connectivity index (χ0v) is 17.3. The minimum atomic E-state index is -0.519. The molecule has 1 aromatic rings. The van der Waals surface area contributed by atoms with Crippen LogP contribution in [0.1, 0.15) is 101 Å². The van der Waals surface area contributed by atoms with Gasteiger partial charge in [-0.2, -0.15) is 0 Å². The summed E-state index contributed by atoms with van der Waals surface area (Å²) < 4.78 is 6.18. The second kappa shape index (κ2) is 9.56. The number of ether oxygens (including phenoxy) is 1. The number of hydrogen-bond donors (Lipinski definition) is 0. The molecule has 3 aliphatic rings. The van der Waals surface area contributed by atoms with Crippen molar-refractivity contribution in [3.8, 4) is 0 Å². The van der Waals surface area contributed by atoms with Crippen LogP contribution in [0.4, 0.5) is 0 Å². The largest absolute Gasteiger partial charge is 0.344 e. The van der Waals surface area contributed by atoms with E-state index >= 15 is 0 Å². The standard InChI is InChI=1S/C25H36O3/c1-20(24-19-26-25(28-27-24)17-9-5-6-10-18-25)21-13-15-23(16-14-21)22-11-7-3-2-4-8-12-22/h13-16,22,24H,1-12,17-19H2. The molecule has 1 spiro atoms. The minimum absolute atomic E-state index is 0.221. The van der Waals surface area contributed by atoms with Crippen molar-refractivity contribution in [3.63, 3.8) is 0 Å². The predicted molar refractivity (Wildman–Crippen MR) is 113 cm³/mol. The molecule has 3 heteroatoms. The van der Waals surface area contributed by atoms with Crippen LogP contribution in [-0.2, 0) is 14.5 Å². The van der Waals surface area contributed by atoms with E-state index in [-0.39, 0.29) is 6.10 Å². The van der Waals surface area contributed by atoms with Crippen LogP contribution in [0.15, 0.2) is 30.8 Å². The number of benzene rings is 1. The lowest BCUT2D eigenvalue weighted by atomic mass is 9.85. The first kappa shape index (κ1) is 20.1. The molecule has 4 rings (SSSR count). The molecular formula is C25H36O3. The van der Waals surface area contributed by atoms with E-state index in [4.69, 9.17) is 14.5 Å². The molecule has 28 heavy (non-hydrogen) atoms. The van der Waals surface area contributed by atoms with Crippen LogP contribution in [-0.4, -0.2) is 18.5 Å². The van der Waals surface area contributed by atoms with Crippen LogP contribution in [0.3, 0.4) is 0 Å². The maximum Gasteiger partial charge on any atom is 0.201 e. The van der Waals surface area contributed by atoms with E-state index in [0.29, 0.717) is 6.61 Å². The molecule has 3 fully saturated rings. The maximum atomic E-state index is 6.18. The van der Waals surface area contributed by atoms with Crippen molar-refractivity contribution in [2.45, 2.75) is 101 Å². The summed E-state index contributed by atoms with van der Waals surface area (Å²) in [6.45, 7) is 4.82. The first-order valence-corrected chi connectivity index (χ1v) is 11.5. The first-order chi connectivity index (χ1) is 13.8. The van der Waals surface area contributed by atoms with Crippen molar-refractivity contribution >= 4 is 5.57 Å². The molecule has 1 unspecified atom stereocenters. The molecule has 2 saturated carbocycles. The normalized spacial score (nSPS) is 26.9. The van der Waals surface area contributed by atoms with E-state index < -0.39 is 5.79 Å². The van der Waals surface area contributed by atoms with Crippen LogP contribution in [0, 0.1) is 0 Å². The lowest BCUT2D eigenvalue weighted by Gasteiger charge is -2.38. The Morgan fingerprint density at radius 3 is 2.04 bits per heavy atom. The Hall–Kier alpha value is -1.16. The SMILES string of the molecule is C=C(c1ccc(C2CCCCCCC2)cc1)C1COC2(CCCCCC2)OO1. The van der Waals surface area contributed by atoms with E-state index in [1.807, 2.05) is 0 Å². The average molecular weight is 385 g/mol. The van der Waals surface area contributed by atoms with Crippen molar-refractivity contribution in [1.29, 1.82) is 0 Å². The molecule has 2 aliphatic carbocycles. The molecule has 154 valence electrons. The fraction of sp³-hybridized carbons (Fsp3) is 0.680. The second-order valence-electron chi connectivity index (χ2n) is 8.99. The Morgan fingerprint density at radius 1 is 0.821 bits per heavy atom. The van der Waals surface area contributed by atoms with E-state index in [1.54, 1.807) is 0 Å². The van der Waals surface area contributed by atoms with Gasteiger partial charge in [0, 0.05) is 12.8 Å². The Bertz CT molecular complexity index is 610. The smallest absolute Gasteiger partial charge is 0.201 e. The second-order valence-corrected chi connectivity index (χ2v) is 8.99. The molecule has 1 saturated heterocycles. The topological polar surface area (TPSA) is 27.7 Å². The lowest BCUT2D eigenvalue weighted by Crippen LogP contribution is -2.45. The van der Waals surface area contributed by atoms with E-state index in [2.05, 4.69) is 30.8 Å². The van der Waals surface area contributed by atoms with Crippen LogP contribution in [0.25, 0.3) is 5.57 Å². The summed E-state index contributed by atoms with van der Waals surface area (Å²) in [4.78, 5) is 11.6. The molecule has 1 aliphatic heterocycles. The highest BCUT2D eigenvalue weighted by atomic mass is 17.2. The van der Waals surface area contributed by atoms with Crippen LogP contribution in [0.2, 0.25) is 0 Å². The molecule has 0 N–H and O–H groups in total. The van der Waals surface area contributed by atoms with Crippen molar-refractivity contribution in [2.75, 3.05) is 6.61 Å². The summed E-state index contributed by atoms with van der Waals surface area (Å²) in [5.41, 5.74) is 3.56. The Morgan fingerprint density at radius 2 is 1.43 bits per heavy atom. The fourth-order valence-electron chi connectivity index (χ4n) is 5.02. The third-order valence-corrected chi connectivity index (χ3v) is 6.93. The van der Waals surface area contributed by atoms with Gasteiger partial charge in [0.25, 0.3) is 0 Å². The van der Waals surface area contributed by atoms with E-state index in [0.717, 1.165) is 42.7 Å². The van der Waals surface area contributed by atoms with Gasteiger partial charge in [-0.15, -0.1) is 0 Å². The quantitative estimate of drug-likeness (QED) is 0.529. The van der Waals surface area contributed by atoms with Gasteiger partial charge in [-0.1, -0.05) is 75.8 Å². The summed E-state index contributed by atoms with van der Waals surface area (Å²) in [7, 11) is 0. The summed E-state index contributed by atoms with van der Waals surface area (Å²) in [5, 5.41) is 0. The van der Waals surface area contributed by atoms with Crippen molar-refractivity contribution < 1.29 is 14.5 Å². The highest BCUT2D eigenvalue weighted by Crippen LogP contribution is 2.37. The number of hydrogen-bond acceptors (Lipinski definition) is 3. The minimum Gasteiger partial charge on any atom is -0.344 e. The zero-order chi connectivity index (χ0) is 19.2. The molecule has 0 radical (unpaired) electrons. The van der Waals surface area contributed by atoms with Crippen molar-refractivity contribution in [1.82, 2.24) is 0 Å². The third kappa shape index (κ3) is 4.87. The van der Waals surface area contributed by atoms with Crippen LogP contribution in [0.5, 0.6) is 0 Å². The van der Waals surface area contributed by atoms with Gasteiger partial charge >= 0.3 is 0 Å². The molecule has 0 amide bonds. The summed E-state index contributed by atoms with van der Waals surface area (Å²) in [6, 6.07) is 9.00. The predicted octanol–water partition coefficient (Wildman–Crippen LogP) is 6.93. The van der Waals surface area contributed by atoms with E-state index in [9.17, 15) is 0 Å². The molecule has 1 heterocycles. The highest BCUT2D eigenvalue weighted by Gasteiger charge is 2.40. The first-order valence-electron chi connectivity index (χ1n) is 11.5. The van der Waals surface area contributed by atoms with Crippen molar-refractivity contribution in [3.05, 3.63) is 42.0 Å². The highest BCUT2D eigenvalue weighted by molar-refractivity contribution is 5.67. The van der Waals surface area contributed by atoms with Crippen molar-refractivity contribution in [2.24, 2.45) is 0 Å².